The molecule has 5 nitrogen and oxygen atoms in total. The van der Waals surface area contributed by atoms with Crippen molar-refractivity contribution in [1.82, 2.24) is 15.2 Å². The number of carbonyl (C=O) groups is 1. The van der Waals surface area contributed by atoms with Crippen molar-refractivity contribution >= 4 is 6.03 Å². The Balaban J connectivity index is 1.64. The number of ether oxygens (including phenoxy) is 1. The minimum atomic E-state index is -0.923. The van der Waals surface area contributed by atoms with E-state index in [1.54, 1.807) is 24.3 Å². The first-order valence-electron chi connectivity index (χ1n) is 8.01. The van der Waals surface area contributed by atoms with Crippen LogP contribution in [0.15, 0.2) is 42.7 Å². The summed E-state index contributed by atoms with van der Waals surface area (Å²) in [5.74, 6) is -1.83. The van der Waals surface area contributed by atoms with Gasteiger partial charge < -0.3 is 15.0 Å². The molecule has 1 N–H and O–H groups in total. The molecule has 2 heterocycles. The number of nitrogens with zero attached hydrogens (tertiary/aromatic N) is 2. The Morgan fingerprint density at radius 3 is 2.76 bits per heavy atom. The Morgan fingerprint density at radius 1 is 1.28 bits per heavy atom. The van der Waals surface area contributed by atoms with Crippen molar-refractivity contribution in [2.75, 3.05) is 13.7 Å². The SMILES string of the molecule is CN(Cc1ccncc1)C(=O)N[C@H]1CCO[C@H]1c1ccc(F)c(F)c1. The molecule has 2 aromatic rings. The number of halogens is 2. The highest BCUT2D eigenvalue weighted by molar-refractivity contribution is 5.74. The third-order valence-corrected chi connectivity index (χ3v) is 4.19. The first-order chi connectivity index (χ1) is 12.0. The molecule has 0 aliphatic carbocycles. The second-order valence-corrected chi connectivity index (χ2v) is 6.02. The Hall–Kier alpha value is -2.54. The molecule has 1 aliphatic heterocycles. The van der Waals surface area contributed by atoms with Gasteiger partial charge in [-0.2, -0.15) is 0 Å². The average Bonchev–Trinajstić information content (AvgIpc) is 3.06. The Labute approximate surface area is 144 Å². The van der Waals surface area contributed by atoms with Gasteiger partial charge in [0, 0.05) is 32.6 Å². The van der Waals surface area contributed by atoms with E-state index in [9.17, 15) is 13.6 Å². The number of aromatic nitrogens is 1. The van der Waals surface area contributed by atoms with Crippen molar-refractivity contribution < 1.29 is 18.3 Å². The van der Waals surface area contributed by atoms with Crippen LogP contribution in [0.2, 0.25) is 0 Å². The zero-order valence-corrected chi connectivity index (χ0v) is 13.8. The van der Waals surface area contributed by atoms with Gasteiger partial charge in [-0.05, 0) is 41.8 Å². The lowest BCUT2D eigenvalue weighted by molar-refractivity contribution is 0.0980. The number of pyridine rings is 1. The number of amides is 2. The van der Waals surface area contributed by atoms with E-state index in [-0.39, 0.29) is 12.1 Å². The molecule has 0 radical (unpaired) electrons. The molecule has 1 aromatic carbocycles. The first kappa shape index (κ1) is 17.3. The Kier molecular flexibility index (Phi) is 5.23. The molecule has 2 atom stereocenters. The lowest BCUT2D eigenvalue weighted by atomic mass is 10.0. The van der Waals surface area contributed by atoms with Crippen LogP contribution in [0.25, 0.3) is 0 Å². The molecule has 0 unspecified atom stereocenters. The largest absolute Gasteiger partial charge is 0.371 e. The van der Waals surface area contributed by atoms with E-state index < -0.39 is 17.7 Å². The van der Waals surface area contributed by atoms with Gasteiger partial charge in [-0.15, -0.1) is 0 Å². The van der Waals surface area contributed by atoms with E-state index in [0.717, 1.165) is 17.7 Å². The number of carbonyl (C=O) groups excluding carboxylic acids is 1. The predicted octanol–water partition coefficient (Wildman–Crippen LogP) is 3.03. The highest BCUT2D eigenvalue weighted by Gasteiger charge is 2.32. The number of rotatable bonds is 4. The second-order valence-electron chi connectivity index (χ2n) is 6.02. The van der Waals surface area contributed by atoms with Crippen LogP contribution in [0, 0.1) is 11.6 Å². The number of hydrogen-bond acceptors (Lipinski definition) is 3. The van der Waals surface area contributed by atoms with Gasteiger partial charge in [-0.25, -0.2) is 13.6 Å². The molecule has 2 amide bonds. The summed E-state index contributed by atoms with van der Waals surface area (Å²) in [6.45, 7) is 0.889. The van der Waals surface area contributed by atoms with Gasteiger partial charge in [0.25, 0.3) is 0 Å². The summed E-state index contributed by atoms with van der Waals surface area (Å²) in [4.78, 5) is 17.9. The van der Waals surface area contributed by atoms with Gasteiger partial charge in [0.1, 0.15) is 6.10 Å². The number of urea groups is 1. The lowest BCUT2D eigenvalue weighted by Crippen LogP contribution is -2.43. The van der Waals surface area contributed by atoms with E-state index in [4.69, 9.17) is 4.74 Å². The molecule has 1 fully saturated rings. The minimum absolute atomic E-state index is 0.250. The molecule has 0 spiro atoms. The second kappa shape index (κ2) is 7.57. The van der Waals surface area contributed by atoms with Crippen LogP contribution < -0.4 is 5.32 Å². The van der Waals surface area contributed by atoms with Crippen molar-refractivity contribution in [2.45, 2.75) is 25.1 Å². The van der Waals surface area contributed by atoms with E-state index in [0.29, 0.717) is 25.1 Å². The van der Waals surface area contributed by atoms with Crippen molar-refractivity contribution in [1.29, 1.82) is 0 Å². The Morgan fingerprint density at radius 2 is 2.04 bits per heavy atom. The fourth-order valence-corrected chi connectivity index (χ4v) is 2.86. The average molecular weight is 347 g/mol. The highest BCUT2D eigenvalue weighted by atomic mass is 19.2. The zero-order valence-electron chi connectivity index (χ0n) is 13.8. The van der Waals surface area contributed by atoms with Crippen LogP contribution in [-0.4, -0.2) is 35.6 Å². The maximum Gasteiger partial charge on any atom is 0.317 e. The zero-order chi connectivity index (χ0) is 17.8. The molecular weight excluding hydrogens is 328 g/mol. The van der Waals surface area contributed by atoms with Crippen LogP contribution in [0.1, 0.15) is 23.7 Å². The van der Waals surface area contributed by atoms with Crippen LogP contribution in [0.3, 0.4) is 0 Å². The summed E-state index contributed by atoms with van der Waals surface area (Å²) in [6, 6.07) is 6.80. The van der Waals surface area contributed by atoms with Crippen LogP contribution in [-0.2, 0) is 11.3 Å². The van der Waals surface area contributed by atoms with Crippen molar-refractivity contribution in [3.63, 3.8) is 0 Å². The smallest absolute Gasteiger partial charge is 0.317 e. The van der Waals surface area contributed by atoms with Crippen molar-refractivity contribution in [3.05, 3.63) is 65.5 Å². The van der Waals surface area contributed by atoms with Gasteiger partial charge in [0.2, 0.25) is 0 Å². The quantitative estimate of drug-likeness (QED) is 0.925. The van der Waals surface area contributed by atoms with Crippen molar-refractivity contribution in [2.24, 2.45) is 0 Å². The summed E-state index contributed by atoms with van der Waals surface area (Å²) in [5, 5.41) is 2.91. The van der Waals surface area contributed by atoms with Gasteiger partial charge >= 0.3 is 6.03 Å². The third kappa shape index (κ3) is 4.11. The molecule has 1 saturated heterocycles. The molecule has 1 aliphatic rings. The topological polar surface area (TPSA) is 54.5 Å². The molecule has 7 heteroatoms. The summed E-state index contributed by atoms with van der Waals surface area (Å²) >= 11 is 0. The molecule has 0 bridgehead atoms. The van der Waals surface area contributed by atoms with Gasteiger partial charge in [-0.1, -0.05) is 6.07 Å². The van der Waals surface area contributed by atoms with Gasteiger partial charge in [0.15, 0.2) is 11.6 Å². The fraction of sp³-hybridized carbons (Fsp3) is 0.333. The monoisotopic (exact) mass is 347 g/mol. The lowest BCUT2D eigenvalue weighted by Gasteiger charge is -2.24. The summed E-state index contributed by atoms with van der Waals surface area (Å²) < 4.78 is 32.2. The first-order valence-corrected chi connectivity index (χ1v) is 8.01. The molecule has 132 valence electrons. The molecular formula is C18H19F2N3O2. The summed E-state index contributed by atoms with van der Waals surface area (Å²) in [5.41, 5.74) is 1.48. The van der Waals surface area contributed by atoms with Gasteiger partial charge in [0.05, 0.1) is 6.04 Å². The van der Waals surface area contributed by atoms with Crippen LogP contribution in [0.4, 0.5) is 13.6 Å². The molecule has 3 rings (SSSR count). The highest BCUT2D eigenvalue weighted by Crippen LogP contribution is 2.30. The predicted molar refractivity (Wildman–Crippen MR) is 87.7 cm³/mol. The normalized spacial score (nSPS) is 19.6. The fourth-order valence-electron chi connectivity index (χ4n) is 2.86. The van der Waals surface area contributed by atoms with Gasteiger partial charge in [-0.3, -0.25) is 4.98 Å². The van der Waals surface area contributed by atoms with Crippen LogP contribution in [0.5, 0.6) is 0 Å². The maximum atomic E-state index is 13.5. The summed E-state index contributed by atoms with van der Waals surface area (Å²) in [7, 11) is 1.69. The standard InChI is InChI=1S/C18H19F2N3O2/c1-23(11-12-4-7-21-8-5-12)18(24)22-16-6-9-25-17(16)13-2-3-14(19)15(20)10-13/h2-5,7-8,10,16-17H,6,9,11H2,1H3,(H,22,24)/t16-,17-/m0/s1. The van der Waals surface area contributed by atoms with E-state index in [1.165, 1.54) is 6.07 Å². The van der Waals surface area contributed by atoms with E-state index >= 15 is 0 Å². The third-order valence-electron chi connectivity index (χ3n) is 4.19. The molecule has 1 aromatic heterocycles. The number of benzene rings is 1. The van der Waals surface area contributed by atoms with Crippen molar-refractivity contribution in [3.8, 4) is 0 Å². The Bertz CT molecular complexity index is 742. The maximum absolute atomic E-state index is 13.5. The minimum Gasteiger partial charge on any atom is -0.371 e. The number of nitrogens with one attached hydrogen (secondary N) is 1. The molecule has 25 heavy (non-hydrogen) atoms. The van der Waals surface area contributed by atoms with E-state index in [1.807, 2.05) is 12.1 Å². The summed E-state index contributed by atoms with van der Waals surface area (Å²) in [6.07, 6.45) is 3.46. The number of hydrogen-bond donors (Lipinski definition) is 1. The van der Waals surface area contributed by atoms with Crippen LogP contribution >= 0.6 is 0 Å². The molecule has 0 saturated carbocycles. The van der Waals surface area contributed by atoms with E-state index in [2.05, 4.69) is 10.3 Å².